The van der Waals surface area contributed by atoms with Crippen molar-refractivity contribution in [3.8, 4) is 5.75 Å². The topological polar surface area (TPSA) is 66.8 Å². The van der Waals surface area contributed by atoms with Crippen molar-refractivity contribution >= 4 is 11.9 Å². The fraction of sp³-hybridized carbons (Fsp3) is 0.467. The second kappa shape index (κ2) is 7.53. The number of nitrogens with zero attached hydrogens (tertiary/aromatic N) is 1. The molecule has 1 amide bonds. The average molecular weight is 279 g/mol. The third-order valence-electron chi connectivity index (χ3n) is 2.88. The van der Waals surface area contributed by atoms with Crippen LogP contribution in [0, 0.1) is 0 Å². The zero-order valence-electron chi connectivity index (χ0n) is 12.1. The number of hydrogen-bond donors (Lipinski definition) is 1. The van der Waals surface area contributed by atoms with E-state index in [1.807, 2.05) is 32.0 Å². The predicted molar refractivity (Wildman–Crippen MR) is 75.6 cm³/mol. The third-order valence-corrected chi connectivity index (χ3v) is 2.88. The molecular weight excluding hydrogens is 258 g/mol. The largest absolute Gasteiger partial charge is 0.481 e. The molecule has 5 heteroatoms. The van der Waals surface area contributed by atoms with Crippen LogP contribution in [0.3, 0.4) is 0 Å². The van der Waals surface area contributed by atoms with Crippen LogP contribution < -0.4 is 4.74 Å². The molecule has 0 saturated heterocycles. The maximum absolute atomic E-state index is 12.3. The van der Waals surface area contributed by atoms with Crippen molar-refractivity contribution in [1.29, 1.82) is 0 Å². The summed E-state index contributed by atoms with van der Waals surface area (Å²) in [6, 6.07) is 9.02. The molecule has 1 aromatic rings. The van der Waals surface area contributed by atoms with Crippen LogP contribution in [0.1, 0.15) is 27.2 Å². The van der Waals surface area contributed by atoms with E-state index in [0.717, 1.165) is 0 Å². The Hall–Kier alpha value is -2.04. The van der Waals surface area contributed by atoms with E-state index < -0.39 is 12.1 Å². The summed E-state index contributed by atoms with van der Waals surface area (Å²) in [4.78, 5) is 24.5. The number of carboxylic acids is 1. The highest BCUT2D eigenvalue weighted by Crippen LogP contribution is 2.13. The van der Waals surface area contributed by atoms with E-state index in [4.69, 9.17) is 9.84 Å². The van der Waals surface area contributed by atoms with E-state index in [9.17, 15) is 9.59 Å². The van der Waals surface area contributed by atoms with Gasteiger partial charge in [-0.25, -0.2) is 0 Å². The van der Waals surface area contributed by atoms with E-state index in [-0.39, 0.29) is 24.9 Å². The monoisotopic (exact) mass is 279 g/mol. The Kier molecular flexibility index (Phi) is 6.03. The van der Waals surface area contributed by atoms with Gasteiger partial charge < -0.3 is 14.7 Å². The van der Waals surface area contributed by atoms with Gasteiger partial charge in [-0.1, -0.05) is 18.2 Å². The van der Waals surface area contributed by atoms with Gasteiger partial charge in [0.25, 0.3) is 5.91 Å². The van der Waals surface area contributed by atoms with Gasteiger partial charge in [-0.2, -0.15) is 0 Å². The Morgan fingerprint density at radius 2 is 1.80 bits per heavy atom. The van der Waals surface area contributed by atoms with Gasteiger partial charge in [-0.05, 0) is 32.9 Å². The van der Waals surface area contributed by atoms with Gasteiger partial charge in [0.15, 0.2) is 6.10 Å². The summed E-state index contributed by atoms with van der Waals surface area (Å²) in [5.41, 5.74) is 0. The van der Waals surface area contributed by atoms with Crippen LogP contribution in [0.25, 0.3) is 0 Å². The summed E-state index contributed by atoms with van der Waals surface area (Å²) >= 11 is 0. The van der Waals surface area contributed by atoms with Gasteiger partial charge in [-0.3, -0.25) is 9.59 Å². The molecule has 1 aromatic carbocycles. The Morgan fingerprint density at radius 3 is 2.30 bits per heavy atom. The molecule has 5 nitrogen and oxygen atoms in total. The molecule has 1 atom stereocenters. The number of ether oxygens (including phenoxy) is 1. The summed E-state index contributed by atoms with van der Waals surface area (Å²) in [5, 5.41) is 8.73. The molecule has 0 fully saturated rings. The van der Waals surface area contributed by atoms with Crippen molar-refractivity contribution in [2.24, 2.45) is 0 Å². The molecule has 1 rings (SSSR count). The molecule has 0 spiro atoms. The number of aliphatic carboxylic acids is 1. The highest BCUT2D eigenvalue weighted by molar-refractivity contribution is 5.81. The Bertz CT molecular complexity index is 444. The Labute approximate surface area is 119 Å². The first-order valence-electron chi connectivity index (χ1n) is 6.65. The normalized spacial score (nSPS) is 12.0. The standard InChI is InChI=1S/C15H21NO4/c1-11(2)16(10-9-14(17)18)15(19)12(3)20-13-7-5-4-6-8-13/h4-8,11-12H,9-10H2,1-3H3,(H,17,18). The number of amides is 1. The summed E-state index contributed by atoms with van der Waals surface area (Å²) in [6.07, 6.45) is -0.712. The number of para-hydroxylation sites is 1. The molecule has 0 aromatic heterocycles. The first-order valence-corrected chi connectivity index (χ1v) is 6.65. The van der Waals surface area contributed by atoms with Crippen LogP contribution in [0.5, 0.6) is 5.75 Å². The van der Waals surface area contributed by atoms with Gasteiger partial charge in [0.2, 0.25) is 0 Å². The van der Waals surface area contributed by atoms with Gasteiger partial charge in [-0.15, -0.1) is 0 Å². The van der Waals surface area contributed by atoms with Crippen molar-refractivity contribution < 1.29 is 19.4 Å². The number of benzene rings is 1. The molecule has 0 heterocycles. The number of carbonyl (C=O) groups excluding carboxylic acids is 1. The molecule has 0 aliphatic carbocycles. The Balaban J connectivity index is 2.66. The molecule has 0 aliphatic heterocycles. The van der Waals surface area contributed by atoms with Gasteiger partial charge in [0, 0.05) is 12.6 Å². The highest BCUT2D eigenvalue weighted by Gasteiger charge is 2.24. The molecule has 0 saturated carbocycles. The van der Waals surface area contributed by atoms with Crippen LogP contribution in [0.15, 0.2) is 30.3 Å². The zero-order valence-corrected chi connectivity index (χ0v) is 12.1. The molecular formula is C15H21NO4. The first kappa shape index (κ1) is 16.0. The lowest BCUT2D eigenvalue weighted by molar-refractivity contribution is -0.142. The molecule has 0 radical (unpaired) electrons. The minimum Gasteiger partial charge on any atom is -0.481 e. The maximum atomic E-state index is 12.3. The summed E-state index contributed by atoms with van der Waals surface area (Å²) < 4.78 is 5.58. The fourth-order valence-electron chi connectivity index (χ4n) is 1.83. The zero-order chi connectivity index (χ0) is 15.1. The van der Waals surface area contributed by atoms with Gasteiger partial charge in [0.1, 0.15) is 5.75 Å². The molecule has 110 valence electrons. The summed E-state index contributed by atoms with van der Waals surface area (Å²) in [7, 11) is 0. The summed E-state index contributed by atoms with van der Waals surface area (Å²) in [6.45, 7) is 5.57. The number of carbonyl (C=O) groups is 2. The molecule has 0 bridgehead atoms. The van der Waals surface area contributed by atoms with Crippen LogP contribution in [-0.2, 0) is 9.59 Å². The van der Waals surface area contributed by atoms with E-state index in [1.165, 1.54) is 4.90 Å². The lowest BCUT2D eigenvalue weighted by Gasteiger charge is -2.29. The van der Waals surface area contributed by atoms with Crippen molar-refractivity contribution in [2.45, 2.75) is 39.3 Å². The van der Waals surface area contributed by atoms with Crippen LogP contribution in [0.2, 0.25) is 0 Å². The smallest absolute Gasteiger partial charge is 0.305 e. The summed E-state index contributed by atoms with van der Waals surface area (Å²) in [5.74, 6) is -0.500. The lowest BCUT2D eigenvalue weighted by atomic mass is 10.2. The van der Waals surface area contributed by atoms with Crippen molar-refractivity contribution in [3.05, 3.63) is 30.3 Å². The molecule has 1 N–H and O–H groups in total. The van der Waals surface area contributed by atoms with Gasteiger partial charge >= 0.3 is 5.97 Å². The van der Waals surface area contributed by atoms with E-state index in [1.54, 1.807) is 19.1 Å². The fourth-order valence-corrected chi connectivity index (χ4v) is 1.83. The molecule has 20 heavy (non-hydrogen) atoms. The average Bonchev–Trinajstić information content (AvgIpc) is 2.39. The Morgan fingerprint density at radius 1 is 1.20 bits per heavy atom. The predicted octanol–water partition coefficient (Wildman–Crippen LogP) is 2.17. The number of carboxylic acid groups (broad SMARTS) is 1. The van der Waals surface area contributed by atoms with Gasteiger partial charge in [0.05, 0.1) is 6.42 Å². The maximum Gasteiger partial charge on any atom is 0.305 e. The van der Waals surface area contributed by atoms with Crippen LogP contribution in [0.4, 0.5) is 0 Å². The second-order valence-electron chi connectivity index (χ2n) is 4.84. The molecule has 1 unspecified atom stereocenters. The second-order valence-corrected chi connectivity index (χ2v) is 4.84. The van der Waals surface area contributed by atoms with Crippen molar-refractivity contribution in [1.82, 2.24) is 4.90 Å². The van der Waals surface area contributed by atoms with Crippen LogP contribution in [-0.4, -0.2) is 40.6 Å². The molecule has 0 aliphatic rings. The number of hydrogen-bond acceptors (Lipinski definition) is 3. The third kappa shape index (κ3) is 4.91. The minimum atomic E-state index is -0.917. The first-order chi connectivity index (χ1) is 9.41. The van der Waals surface area contributed by atoms with E-state index in [2.05, 4.69) is 0 Å². The van der Waals surface area contributed by atoms with E-state index in [0.29, 0.717) is 5.75 Å². The van der Waals surface area contributed by atoms with Crippen molar-refractivity contribution in [2.75, 3.05) is 6.54 Å². The lowest BCUT2D eigenvalue weighted by Crippen LogP contribution is -2.45. The minimum absolute atomic E-state index is 0.0660. The van der Waals surface area contributed by atoms with Crippen molar-refractivity contribution in [3.63, 3.8) is 0 Å². The van der Waals surface area contributed by atoms with Crippen LogP contribution >= 0.6 is 0 Å². The number of rotatable bonds is 7. The SMILES string of the molecule is CC(Oc1ccccc1)C(=O)N(CCC(=O)O)C(C)C. The van der Waals surface area contributed by atoms with E-state index >= 15 is 0 Å². The highest BCUT2D eigenvalue weighted by atomic mass is 16.5. The quantitative estimate of drug-likeness (QED) is 0.830.